The van der Waals surface area contributed by atoms with Gasteiger partial charge in [0, 0.05) is 23.6 Å². The molecule has 130 valence electrons. The first-order chi connectivity index (χ1) is 12.0. The zero-order valence-corrected chi connectivity index (χ0v) is 16.6. The number of thiocarbonyl (C=S) groups is 1. The molecule has 0 unspecified atom stereocenters. The van der Waals surface area contributed by atoms with Gasteiger partial charge in [-0.3, -0.25) is 9.69 Å². The highest BCUT2D eigenvalue weighted by Gasteiger charge is 2.30. The van der Waals surface area contributed by atoms with Crippen molar-refractivity contribution in [2.75, 3.05) is 6.54 Å². The van der Waals surface area contributed by atoms with Crippen LogP contribution >= 0.6 is 24.0 Å². The molecule has 0 bridgehead atoms. The third-order valence-corrected chi connectivity index (χ3v) is 5.93. The monoisotopic (exact) mass is 370 g/mol. The highest BCUT2D eigenvalue weighted by molar-refractivity contribution is 8.26. The average molecular weight is 371 g/mol. The summed E-state index contributed by atoms with van der Waals surface area (Å²) < 4.78 is 2.87. The summed E-state index contributed by atoms with van der Waals surface area (Å²) in [5.41, 5.74) is 5.82. The highest BCUT2D eigenvalue weighted by atomic mass is 32.2. The van der Waals surface area contributed by atoms with Gasteiger partial charge in [0.2, 0.25) is 0 Å². The molecule has 2 aromatic rings. The summed E-state index contributed by atoms with van der Waals surface area (Å²) in [6, 6.07) is 10.8. The lowest BCUT2D eigenvalue weighted by molar-refractivity contribution is -0.121. The summed E-state index contributed by atoms with van der Waals surface area (Å²) in [7, 11) is 0. The summed E-state index contributed by atoms with van der Waals surface area (Å²) in [5, 5.41) is 0. The van der Waals surface area contributed by atoms with Gasteiger partial charge in [0.25, 0.3) is 5.91 Å². The topological polar surface area (TPSA) is 25.2 Å². The summed E-state index contributed by atoms with van der Waals surface area (Å²) in [6.07, 6.45) is 3.00. The summed E-state index contributed by atoms with van der Waals surface area (Å²) in [5.74, 6) is 0.00889. The van der Waals surface area contributed by atoms with Crippen LogP contribution in [0.2, 0.25) is 0 Å². The maximum absolute atomic E-state index is 12.4. The molecule has 1 aromatic carbocycles. The van der Waals surface area contributed by atoms with Crippen LogP contribution < -0.4 is 0 Å². The Morgan fingerprint density at radius 3 is 2.40 bits per heavy atom. The molecule has 1 amide bonds. The van der Waals surface area contributed by atoms with Crippen molar-refractivity contribution in [3.63, 3.8) is 0 Å². The number of benzene rings is 1. The van der Waals surface area contributed by atoms with E-state index in [1.165, 1.54) is 17.3 Å². The molecule has 0 radical (unpaired) electrons. The molecular formula is C20H22N2OS2. The van der Waals surface area contributed by atoms with Crippen LogP contribution in [0.25, 0.3) is 11.8 Å². The fourth-order valence-electron chi connectivity index (χ4n) is 3.13. The number of rotatable bonds is 4. The molecule has 0 aliphatic carbocycles. The predicted octanol–water partition coefficient (Wildman–Crippen LogP) is 4.88. The van der Waals surface area contributed by atoms with E-state index in [2.05, 4.69) is 55.7 Å². The van der Waals surface area contributed by atoms with E-state index < -0.39 is 0 Å². The number of aromatic nitrogens is 1. The summed E-state index contributed by atoms with van der Waals surface area (Å²) >= 11 is 6.68. The zero-order chi connectivity index (χ0) is 18.1. The molecule has 5 heteroatoms. The van der Waals surface area contributed by atoms with E-state index in [1.54, 1.807) is 4.90 Å². The fourth-order valence-corrected chi connectivity index (χ4v) is 4.50. The van der Waals surface area contributed by atoms with Gasteiger partial charge in [-0.15, -0.1) is 0 Å². The second kappa shape index (κ2) is 7.18. The number of carbonyl (C=O) groups excluding carboxylic acids is 1. The lowest BCUT2D eigenvalue weighted by Crippen LogP contribution is -2.27. The molecule has 3 nitrogen and oxygen atoms in total. The largest absolute Gasteiger partial charge is 0.318 e. The smallest absolute Gasteiger partial charge is 0.266 e. The van der Waals surface area contributed by atoms with E-state index in [4.69, 9.17) is 12.2 Å². The Morgan fingerprint density at radius 1 is 1.16 bits per heavy atom. The Kier molecular flexibility index (Phi) is 5.16. The number of hydrogen-bond donors (Lipinski definition) is 0. The van der Waals surface area contributed by atoms with Crippen molar-refractivity contribution < 1.29 is 4.79 Å². The average Bonchev–Trinajstić information content (AvgIpc) is 3.03. The minimum absolute atomic E-state index is 0.00889. The zero-order valence-electron chi connectivity index (χ0n) is 15.0. The summed E-state index contributed by atoms with van der Waals surface area (Å²) in [4.78, 5) is 14.8. The lowest BCUT2D eigenvalue weighted by atomic mass is 10.1. The van der Waals surface area contributed by atoms with Crippen molar-refractivity contribution in [3.05, 3.63) is 57.8 Å². The first kappa shape index (κ1) is 18.0. The number of thioether (sulfide) groups is 1. The van der Waals surface area contributed by atoms with Gasteiger partial charge in [0.1, 0.15) is 4.32 Å². The van der Waals surface area contributed by atoms with Crippen LogP contribution in [0.15, 0.2) is 35.2 Å². The van der Waals surface area contributed by atoms with Gasteiger partial charge in [-0.05, 0) is 62.6 Å². The molecular weight excluding hydrogens is 348 g/mol. The SMILES string of the molecule is CCc1ccc(-n2c(C)cc(/C=C3/SC(=S)N(CC)C3=O)c2C)cc1. The van der Waals surface area contributed by atoms with Crippen LogP contribution in [-0.2, 0) is 11.2 Å². The van der Waals surface area contributed by atoms with Crippen LogP contribution in [-0.4, -0.2) is 26.2 Å². The molecule has 0 atom stereocenters. The van der Waals surface area contributed by atoms with Gasteiger partial charge < -0.3 is 4.57 Å². The van der Waals surface area contributed by atoms with Crippen molar-refractivity contribution in [1.82, 2.24) is 9.47 Å². The minimum Gasteiger partial charge on any atom is -0.318 e. The van der Waals surface area contributed by atoms with Crippen molar-refractivity contribution in [3.8, 4) is 5.69 Å². The third-order valence-electron chi connectivity index (χ3n) is 4.55. The maximum atomic E-state index is 12.4. The Balaban J connectivity index is 1.99. The standard InChI is InChI=1S/C20H22N2OS2/c1-5-15-7-9-17(10-8-15)22-13(3)11-16(14(22)4)12-18-19(23)21(6-2)20(24)25-18/h7-12H,5-6H2,1-4H3/b18-12+. The van der Waals surface area contributed by atoms with E-state index >= 15 is 0 Å². The first-order valence-corrected chi connectivity index (χ1v) is 9.72. The van der Waals surface area contributed by atoms with Gasteiger partial charge in [-0.1, -0.05) is 43.0 Å². The van der Waals surface area contributed by atoms with E-state index in [1.807, 2.05) is 13.0 Å². The molecule has 1 aliphatic heterocycles. The molecule has 1 fully saturated rings. The van der Waals surface area contributed by atoms with Crippen molar-refractivity contribution in [2.45, 2.75) is 34.1 Å². The summed E-state index contributed by atoms with van der Waals surface area (Å²) in [6.45, 7) is 8.90. The van der Waals surface area contributed by atoms with Crippen molar-refractivity contribution in [2.24, 2.45) is 0 Å². The van der Waals surface area contributed by atoms with Crippen molar-refractivity contribution in [1.29, 1.82) is 0 Å². The highest BCUT2D eigenvalue weighted by Crippen LogP contribution is 2.33. The van der Waals surface area contributed by atoms with Crippen molar-refractivity contribution >= 4 is 40.3 Å². The van der Waals surface area contributed by atoms with Gasteiger partial charge in [-0.2, -0.15) is 0 Å². The van der Waals surface area contributed by atoms with Gasteiger partial charge >= 0.3 is 0 Å². The molecule has 0 spiro atoms. The molecule has 2 heterocycles. The molecule has 3 rings (SSSR count). The molecule has 1 aromatic heterocycles. The maximum Gasteiger partial charge on any atom is 0.266 e. The number of hydrogen-bond acceptors (Lipinski definition) is 3. The number of likely N-dealkylation sites (N-methyl/N-ethyl adjacent to an activating group) is 1. The number of nitrogens with zero attached hydrogens (tertiary/aromatic N) is 2. The van der Waals surface area contributed by atoms with Crippen LogP contribution in [0.4, 0.5) is 0 Å². The molecule has 0 saturated carbocycles. The van der Waals surface area contributed by atoms with Gasteiger partial charge in [-0.25, -0.2) is 0 Å². The number of amides is 1. The molecule has 1 aliphatic rings. The van der Waals surface area contributed by atoms with Crippen LogP contribution in [0.5, 0.6) is 0 Å². The van der Waals surface area contributed by atoms with E-state index in [9.17, 15) is 4.79 Å². The first-order valence-electron chi connectivity index (χ1n) is 8.49. The van der Waals surface area contributed by atoms with Crippen LogP contribution in [0.1, 0.15) is 36.4 Å². The fraction of sp³-hybridized carbons (Fsp3) is 0.300. The van der Waals surface area contributed by atoms with E-state index in [-0.39, 0.29) is 5.91 Å². The third kappa shape index (κ3) is 3.31. The Labute approximate surface area is 158 Å². The normalized spacial score (nSPS) is 16.3. The minimum atomic E-state index is 0.00889. The Morgan fingerprint density at radius 2 is 1.84 bits per heavy atom. The van der Waals surface area contributed by atoms with E-state index in [0.29, 0.717) is 15.8 Å². The van der Waals surface area contributed by atoms with Crippen LogP contribution in [0, 0.1) is 13.8 Å². The Bertz CT molecular complexity index is 863. The quantitative estimate of drug-likeness (QED) is 0.567. The lowest BCUT2D eigenvalue weighted by Gasteiger charge is -2.10. The van der Waals surface area contributed by atoms with Crippen LogP contribution in [0.3, 0.4) is 0 Å². The number of carbonyl (C=O) groups is 1. The van der Waals surface area contributed by atoms with Gasteiger partial charge in [0.15, 0.2) is 0 Å². The molecule has 25 heavy (non-hydrogen) atoms. The molecule has 1 saturated heterocycles. The predicted molar refractivity (Wildman–Crippen MR) is 110 cm³/mol. The number of aryl methyl sites for hydroxylation is 2. The van der Waals surface area contributed by atoms with Gasteiger partial charge in [0.05, 0.1) is 4.91 Å². The van der Waals surface area contributed by atoms with E-state index in [0.717, 1.165) is 29.1 Å². The second-order valence-corrected chi connectivity index (χ2v) is 7.78. The Hall–Kier alpha value is -1.85. The second-order valence-electron chi connectivity index (χ2n) is 6.11. The molecule has 0 N–H and O–H groups in total.